The van der Waals surface area contributed by atoms with Crippen LogP contribution in [0.3, 0.4) is 0 Å². The highest BCUT2D eigenvalue weighted by Gasteiger charge is 2.10. The van der Waals surface area contributed by atoms with Crippen LogP contribution in [-0.4, -0.2) is 66.6 Å². The highest BCUT2D eigenvalue weighted by molar-refractivity contribution is 5.79. The van der Waals surface area contributed by atoms with E-state index in [1.807, 2.05) is 29.9 Å². The van der Waals surface area contributed by atoms with E-state index in [-0.39, 0.29) is 0 Å². The van der Waals surface area contributed by atoms with Crippen molar-refractivity contribution in [2.75, 3.05) is 45.9 Å². The van der Waals surface area contributed by atoms with Crippen LogP contribution in [-0.2, 0) is 24.8 Å². The van der Waals surface area contributed by atoms with Crippen LogP contribution in [0.25, 0.3) is 0 Å². The number of aliphatic imine (C=N–C) groups is 1. The zero-order valence-corrected chi connectivity index (χ0v) is 15.4. The number of nitrogens with zero attached hydrogens (tertiary/aromatic N) is 4. The SMILES string of the molecule is Cn1nccc1CN=C(NCCc1ccco1)NCCN1CCOCC1. The van der Waals surface area contributed by atoms with Gasteiger partial charge in [0.15, 0.2) is 5.96 Å². The third-order valence-electron chi connectivity index (χ3n) is 4.39. The van der Waals surface area contributed by atoms with Gasteiger partial charge in [-0.25, -0.2) is 4.99 Å². The van der Waals surface area contributed by atoms with Crippen molar-refractivity contribution in [2.24, 2.45) is 12.0 Å². The van der Waals surface area contributed by atoms with E-state index < -0.39 is 0 Å². The number of ether oxygens (including phenoxy) is 1. The molecule has 1 aliphatic heterocycles. The summed E-state index contributed by atoms with van der Waals surface area (Å²) in [6, 6.07) is 5.88. The van der Waals surface area contributed by atoms with E-state index in [1.54, 1.807) is 12.5 Å². The zero-order chi connectivity index (χ0) is 18.0. The van der Waals surface area contributed by atoms with E-state index >= 15 is 0 Å². The van der Waals surface area contributed by atoms with Crippen molar-refractivity contribution in [3.8, 4) is 0 Å². The molecule has 0 spiro atoms. The number of hydrogen-bond acceptors (Lipinski definition) is 5. The Morgan fingerprint density at radius 3 is 2.81 bits per heavy atom. The standard InChI is InChI=1S/C18H28N6O2/c1-23-16(4-7-22-23)15-21-18(19-6-5-17-3-2-12-26-17)20-8-9-24-10-13-25-14-11-24/h2-4,7,12H,5-6,8-11,13-15H2,1H3,(H2,19,20,21). The summed E-state index contributed by atoms with van der Waals surface area (Å²) in [4.78, 5) is 7.09. The summed E-state index contributed by atoms with van der Waals surface area (Å²) in [5.74, 6) is 1.78. The Kier molecular flexibility index (Phi) is 7.09. The lowest BCUT2D eigenvalue weighted by Gasteiger charge is -2.26. The topological polar surface area (TPSA) is 79.8 Å². The van der Waals surface area contributed by atoms with Crippen LogP contribution in [0.4, 0.5) is 0 Å². The fourth-order valence-electron chi connectivity index (χ4n) is 2.81. The van der Waals surface area contributed by atoms with Crippen molar-refractivity contribution >= 4 is 5.96 Å². The van der Waals surface area contributed by atoms with Crippen molar-refractivity contribution in [3.05, 3.63) is 42.1 Å². The molecule has 2 N–H and O–H groups in total. The summed E-state index contributed by atoms with van der Waals surface area (Å²) in [5.41, 5.74) is 1.07. The molecule has 0 bridgehead atoms. The van der Waals surface area contributed by atoms with Crippen molar-refractivity contribution < 1.29 is 9.15 Å². The molecule has 0 amide bonds. The molecular formula is C18H28N6O2. The largest absolute Gasteiger partial charge is 0.469 e. The van der Waals surface area contributed by atoms with Crippen LogP contribution in [0.5, 0.6) is 0 Å². The van der Waals surface area contributed by atoms with E-state index in [2.05, 4.69) is 25.6 Å². The molecule has 0 aromatic carbocycles. The van der Waals surface area contributed by atoms with Gasteiger partial charge in [0.2, 0.25) is 0 Å². The van der Waals surface area contributed by atoms with Gasteiger partial charge in [-0.2, -0.15) is 5.10 Å². The predicted molar refractivity (Wildman–Crippen MR) is 100 cm³/mol. The van der Waals surface area contributed by atoms with Crippen LogP contribution in [0.1, 0.15) is 11.5 Å². The molecule has 8 heteroatoms. The van der Waals surface area contributed by atoms with E-state index in [0.29, 0.717) is 6.54 Å². The summed E-state index contributed by atoms with van der Waals surface area (Å²) in [5, 5.41) is 11.0. The van der Waals surface area contributed by atoms with Crippen LogP contribution in [0, 0.1) is 0 Å². The average Bonchev–Trinajstić information content (AvgIpc) is 3.32. The molecule has 0 atom stereocenters. The molecule has 8 nitrogen and oxygen atoms in total. The maximum atomic E-state index is 5.39. The molecule has 26 heavy (non-hydrogen) atoms. The Morgan fingerprint density at radius 2 is 2.08 bits per heavy atom. The Hall–Kier alpha value is -2.32. The molecule has 3 rings (SSSR count). The van der Waals surface area contributed by atoms with E-state index in [9.17, 15) is 0 Å². The van der Waals surface area contributed by atoms with E-state index in [1.165, 1.54) is 0 Å². The highest BCUT2D eigenvalue weighted by atomic mass is 16.5. The van der Waals surface area contributed by atoms with E-state index in [4.69, 9.17) is 9.15 Å². The Morgan fingerprint density at radius 1 is 1.23 bits per heavy atom. The van der Waals surface area contributed by atoms with Crippen molar-refractivity contribution in [2.45, 2.75) is 13.0 Å². The van der Waals surface area contributed by atoms with Gasteiger partial charge in [0.05, 0.1) is 31.7 Å². The minimum absolute atomic E-state index is 0.587. The zero-order valence-electron chi connectivity index (χ0n) is 15.4. The molecule has 3 heterocycles. The van der Waals surface area contributed by atoms with Gasteiger partial charge in [-0.05, 0) is 18.2 Å². The van der Waals surface area contributed by atoms with Gasteiger partial charge in [0, 0.05) is 52.4 Å². The number of aryl methyl sites for hydroxylation is 1. The molecule has 1 aliphatic rings. The molecule has 142 valence electrons. The summed E-state index contributed by atoms with van der Waals surface area (Å²) in [6.45, 7) is 6.81. The van der Waals surface area contributed by atoms with Crippen LogP contribution in [0.15, 0.2) is 40.1 Å². The number of guanidine groups is 1. The molecule has 0 radical (unpaired) electrons. The summed E-state index contributed by atoms with van der Waals surface area (Å²) in [6.07, 6.45) is 4.32. The molecule has 2 aromatic heterocycles. The fourth-order valence-corrected chi connectivity index (χ4v) is 2.81. The van der Waals surface area contributed by atoms with Gasteiger partial charge in [-0.1, -0.05) is 0 Å². The number of morpholine rings is 1. The highest BCUT2D eigenvalue weighted by Crippen LogP contribution is 2.01. The van der Waals surface area contributed by atoms with Crippen molar-refractivity contribution in [1.29, 1.82) is 0 Å². The second-order valence-electron chi connectivity index (χ2n) is 6.25. The maximum Gasteiger partial charge on any atom is 0.191 e. The van der Waals surface area contributed by atoms with Gasteiger partial charge < -0.3 is 19.8 Å². The lowest BCUT2D eigenvalue weighted by atomic mass is 10.3. The van der Waals surface area contributed by atoms with Gasteiger partial charge in [0.1, 0.15) is 5.76 Å². The van der Waals surface area contributed by atoms with Crippen LogP contribution in [0.2, 0.25) is 0 Å². The number of hydrogen-bond donors (Lipinski definition) is 2. The first-order valence-electron chi connectivity index (χ1n) is 9.13. The fraction of sp³-hybridized carbons (Fsp3) is 0.556. The molecule has 0 unspecified atom stereocenters. The molecule has 1 saturated heterocycles. The van der Waals surface area contributed by atoms with Crippen LogP contribution < -0.4 is 10.6 Å². The first-order valence-corrected chi connectivity index (χ1v) is 9.13. The number of rotatable bonds is 8. The summed E-state index contributed by atoms with van der Waals surface area (Å²) < 4.78 is 12.6. The number of furan rings is 1. The molecular weight excluding hydrogens is 332 g/mol. The lowest BCUT2D eigenvalue weighted by molar-refractivity contribution is 0.0389. The predicted octanol–water partition coefficient (Wildman–Crippen LogP) is 0.623. The monoisotopic (exact) mass is 360 g/mol. The average molecular weight is 360 g/mol. The lowest BCUT2D eigenvalue weighted by Crippen LogP contribution is -2.44. The third kappa shape index (κ3) is 5.89. The van der Waals surface area contributed by atoms with Crippen molar-refractivity contribution in [1.82, 2.24) is 25.3 Å². The smallest absolute Gasteiger partial charge is 0.191 e. The Labute approximate surface area is 154 Å². The third-order valence-corrected chi connectivity index (χ3v) is 4.39. The van der Waals surface area contributed by atoms with E-state index in [0.717, 1.165) is 69.8 Å². The maximum absolute atomic E-state index is 5.39. The minimum Gasteiger partial charge on any atom is -0.469 e. The first-order chi connectivity index (χ1) is 12.8. The van der Waals surface area contributed by atoms with Gasteiger partial charge in [-0.15, -0.1) is 0 Å². The Bertz CT molecular complexity index is 661. The second-order valence-corrected chi connectivity index (χ2v) is 6.25. The van der Waals surface area contributed by atoms with Gasteiger partial charge >= 0.3 is 0 Å². The summed E-state index contributed by atoms with van der Waals surface area (Å²) >= 11 is 0. The molecule has 0 saturated carbocycles. The molecule has 2 aromatic rings. The quantitative estimate of drug-likeness (QED) is 0.531. The first kappa shape index (κ1) is 18.5. The summed E-state index contributed by atoms with van der Waals surface area (Å²) in [7, 11) is 1.93. The van der Waals surface area contributed by atoms with Crippen molar-refractivity contribution in [3.63, 3.8) is 0 Å². The normalized spacial score (nSPS) is 16.0. The van der Waals surface area contributed by atoms with Gasteiger partial charge in [-0.3, -0.25) is 9.58 Å². The molecule has 0 aliphatic carbocycles. The van der Waals surface area contributed by atoms with Crippen LogP contribution >= 0.6 is 0 Å². The molecule has 1 fully saturated rings. The number of nitrogens with one attached hydrogen (secondary N) is 2. The Balaban J connectivity index is 1.48. The second kappa shape index (κ2) is 9.98. The number of aromatic nitrogens is 2. The van der Waals surface area contributed by atoms with Gasteiger partial charge in [0.25, 0.3) is 0 Å². The minimum atomic E-state index is 0.587.